The number of nitrogen functional groups attached to an aromatic ring is 1. The molecule has 2 aromatic heterocycles. The number of hydrogen-bond donors (Lipinski definition) is 3. The number of aromatic nitrogens is 3. The molecule has 0 aliphatic carbocycles. The highest BCUT2D eigenvalue weighted by molar-refractivity contribution is 6.33. The van der Waals surface area contributed by atoms with Crippen molar-refractivity contribution in [2.24, 2.45) is 0 Å². The molecule has 1 fully saturated rings. The molecule has 30 heavy (non-hydrogen) atoms. The maximum absolute atomic E-state index is 10.0. The molecule has 1 aliphatic rings. The van der Waals surface area contributed by atoms with Crippen molar-refractivity contribution in [2.75, 3.05) is 18.9 Å². The fraction of sp³-hybridized carbons (Fsp3) is 0.429. The summed E-state index contributed by atoms with van der Waals surface area (Å²) < 4.78 is 8.02. The smallest absolute Gasteiger partial charge is 0.158 e. The summed E-state index contributed by atoms with van der Waals surface area (Å²) >= 11 is 13.0. The average molecular weight is 450 g/mol. The molecule has 0 amide bonds. The van der Waals surface area contributed by atoms with Gasteiger partial charge in [0.25, 0.3) is 0 Å². The number of ether oxygens (including phenoxy) is 1. The first-order valence-electron chi connectivity index (χ1n) is 9.98. The summed E-state index contributed by atoms with van der Waals surface area (Å²) in [7, 11) is 0. The first-order chi connectivity index (χ1) is 14.3. The van der Waals surface area contributed by atoms with Crippen molar-refractivity contribution in [2.45, 2.75) is 45.3 Å². The van der Waals surface area contributed by atoms with Crippen LogP contribution in [-0.2, 0) is 0 Å². The number of fused-ring (bicyclic) bond motifs is 1. The van der Waals surface area contributed by atoms with Crippen LogP contribution in [0.4, 0.5) is 5.82 Å². The number of anilines is 1. The van der Waals surface area contributed by atoms with Crippen molar-refractivity contribution < 1.29 is 9.84 Å². The van der Waals surface area contributed by atoms with Crippen molar-refractivity contribution in [1.82, 2.24) is 19.7 Å². The van der Waals surface area contributed by atoms with Crippen LogP contribution in [0.2, 0.25) is 10.2 Å². The first kappa shape index (κ1) is 21.2. The maximum atomic E-state index is 10.0. The fourth-order valence-corrected chi connectivity index (χ4v) is 4.80. The topological polar surface area (TPSA) is 97.7 Å². The van der Waals surface area contributed by atoms with Gasteiger partial charge < -0.3 is 15.6 Å². The molecule has 1 saturated heterocycles. The standard InChI is InChI=1S/C21H25Cl2N5O2/c1-4-30-18-13(8-14(22)11(3)16(18)12-7-15(29)26-9-12)10(2)21-27-19(23)17-20(24)25-5-6-28(17)21/h5-6,8,10,12,15,26,29H,4,7,9H2,1-3H3,(H2,24,25). The lowest BCUT2D eigenvalue weighted by Gasteiger charge is -2.24. The Morgan fingerprint density at radius 3 is 2.87 bits per heavy atom. The number of nitrogens with zero attached hydrogens (tertiary/aromatic N) is 3. The van der Waals surface area contributed by atoms with Crippen molar-refractivity contribution in [3.05, 3.63) is 51.2 Å². The van der Waals surface area contributed by atoms with E-state index in [0.29, 0.717) is 41.1 Å². The monoisotopic (exact) mass is 449 g/mol. The number of aliphatic hydroxyl groups excluding tert-OH is 1. The van der Waals surface area contributed by atoms with Gasteiger partial charge in [0.15, 0.2) is 11.0 Å². The minimum Gasteiger partial charge on any atom is -0.493 e. The predicted molar refractivity (Wildman–Crippen MR) is 119 cm³/mol. The van der Waals surface area contributed by atoms with Gasteiger partial charge in [-0.3, -0.25) is 9.72 Å². The van der Waals surface area contributed by atoms with Gasteiger partial charge in [-0.15, -0.1) is 0 Å². The Bertz CT molecular complexity index is 1100. The highest BCUT2D eigenvalue weighted by atomic mass is 35.5. The molecule has 7 nitrogen and oxygen atoms in total. The van der Waals surface area contributed by atoms with Gasteiger partial charge in [0.1, 0.15) is 23.3 Å². The van der Waals surface area contributed by atoms with Gasteiger partial charge in [0.2, 0.25) is 0 Å². The first-order valence-corrected chi connectivity index (χ1v) is 10.7. The zero-order valence-electron chi connectivity index (χ0n) is 17.1. The van der Waals surface area contributed by atoms with E-state index >= 15 is 0 Å². The number of imidazole rings is 1. The molecular weight excluding hydrogens is 425 g/mol. The van der Waals surface area contributed by atoms with Gasteiger partial charge in [-0.05, 0) is 31.9 Å². The highest BCUT2D eigenvalue weighted by Gasteiger charge is 2.32. The minimum absolute atomic E-state index is 0.103. The zero-order valence-corrected chi connectivity index (χ0v) is 18.6. The molecule has 9 heteroatoms. The molecule has 3 unspecified atom stereocenters. The maximum Gasteiger partial charge on any atom is 0.158 e. The molecule has 0 radical (unpaired) electrons. The number of aliphatic hydroxyl groups is 1. The lowest BCUT2D eigenvalue weighted by atomic mass is 9.87. The second-order valence-electron chi connectivity index (χ2n) is 7.62. The van der Waals surface area contributed by atoms with Crippen molar-refractivity contribution in [3.63, 3.8) is 0 Å². The van der Waals surface area contributed by atoms with E-state index in [-0.39, 0.29) is 11.8 Å². The number of rotatable bonds is 5. The summed E-state index contributed by atoms with van der Waals surface area (Å²) in [6.07, 6.45) is 3.49. The van der Waals surface area contributed by atoms with Crippen molar-refractivity contribution in [3.8, 4) is 5.75 Å². The predicted octanol–water partition coefficient (Wildman–Crippen LogP) is 3.87. The van der Waals surface area contributed by atoms with E-state index < -0.39 is 6.23 Å². The third-order valence-corrected chi connectivity index (χ3v) is 6.43. The minimum atomic E-state index is -0.533. The number of nitrogens with one attached hydrogen (secondary N) is 1. The van der Waals surface area contributed by atoms with Gasteiger partial charge in [0, 0.05) is 46.9 Å². The molecule has 4 rings (SSSR count). The van der Waals surface area contributed by atoms with Crippen molar-refractivity contribution >= 4 is 34.5 Å². The average Bonchev–Trinajstić information content (AvgIpc) is 3.28. The van der Waals surface area contributed by atoms with E-state index in [9.17, 15) is 5.11 Å². The number of nitrogens with two attached hydrogens (primary N) is 1. The van der Waals surface area contributed by atoms with Crippen LogP contribution in [0.5, 0.6) is 5.75 Å². The third-order valence-electron chi connectivity index (χ3n) is 5.78. The van der Waals surface area contributed by atoms with Crippen LogP contribution in [-0.4, -0.2) is 38.9 Å². The molecule has 0 saturated carbocycles. The van der Waals surface area contributed by atoms with Crippen LogP contribution in [0, 0.1) is 6.92 Å². The van der Waals surface area contributed by atoms with E-state index in [1.54, 1.807) is 12.4 Å². The van der Waals surface area contributed by atoms with Crippen LogP contribution in [0.15, 0.2) is 18.5 Å². The van der Waals surface area contributed by atoms with Crippen molar-refractivity contribution in [1.29, 1.82) is 0 Å². The molecule has 1 aromatic carbocycles. The summed E-state index contributed by atoms with van der Waals surface area (Å²) in [4.78, 5) is 8.69. The molecular formula is C21H25Cl2N5O2. The lowest BCUT2D eigenvalue weighted by molar-refractivity contribution is 0.159. The Labute approximate surface area is 185 Å². The molecule has 160 valence electrons. The van der Waals surface area contributed by atoms with Gasteiger partial charge in [0.05, 0.1) is 6.61 Å². The Morgan fingerprint density at radius 1 is 1.43 bits per heavy atom. The summed E-state index contributed by atoms with van der Waals surface area (Å²) in [6.45, 7) is 7.16. The molecule has 3 atom stereocenters. The quantitative estimate of drug-likeness (QED) is 0.546. The van der Waals surface area contributed by atoms with E-state index in [4.69, 9.17) is 33.7 Å². The Hall–Kier alpha value is -2.06. The Balaban J connectivity index is 1.90. The SMILES string of the molecule is CCOc1c(C(C)c2nc(Cl)c3c(N)nccn23)cc(Cl)c(C)c1C1CNC(O)C1. The van der Waals surface area contributed by atoms with Crippen LogP contribution < -0.4 is 15.8 Å². The van der Waals surface area contributed by atoms with Gasteiger partial charge in [-0.25, -0.2) is 9.97 Å². The van der Waals surface area contributed by atoms with E-state index in [1.807, 2.05) is 31.2 Å². The van der Waals surface area contributed by atoms with E-state index in [0.717, 1.165) is 28.3 Å². The summed E-state index contributed by atoms with van der Waals surface area (Å²) in [5, 5.41) is 14.1. The lowest BCUT2D eigenvalue weighted by Crippen LogP contribution is -2.19. The number of benzene rings is 1. The van der Waals surface area contributed by atoms with Crippen LogP contribution in [0.1, 0.15) is 54.6 Å². The molecule has 4 N–H and O–H groups in total. The van der Waals surface area contributed by atoms with Crippen LogP contribution in [0.3, 0.4) is 0 Å². The largest absolute Gasteiger partial charge is 0.493 e. The highest BCUT2D eigenvalue weighted by Crippen LogP contribution is 2.44. The van der Waals surface area contributed by atoms with Crippen LogP contribution >= 0.6 is 23.2 Å². The van der Waals surface area contributed by atoms with Gasteiger partial charge in [-0.1, -0.05) is 30.1 Å². The number of halogens is 2. The molecule has 0 bridgehead atoms. The second kappa shape index (κ2) is 8.23. The summed E-state index contributed by atoms with van der Waals surface area (Å²) in [5.74, 6) is 1.77. The van der Waals surface area contributed by atoms with Gasteiger partial charge >= 0.3 is 0 Å². The second-order valence-corrected chi connectivity index (χ2v) is 8.38. The Kier molecular flexibility index (Phi) is 5.81. The zero-order chi connectivity index (χ0) is 21.6. The van der Waals surface area contributed by atoms with Gasteiger partial charge in [-0.2, -0.15) is 0 Å². The Morgan fingerprint density at radius 2 is 2.20 bits per heavy atom. The fourth-order valence-electron chi connectivity index (χ4n) is 4.31. The molecule has 3 heterocycles. The normalized spacial score (nSPS) is 20.1. The summed E-state index contributed by atoms with van der Waals surface area (Å²) in [5.41, 5.74) is 9.52. The molecule has 3 aromatic rings. The molecule has 0 spiro atoms. The van der Waals surface area contributed by atoms with E-state index in [1.165, 1.54) is 0 Å². The van der Waals surface area contributed by atoms with Crippen LogP contribution in [0.25, 0.3) is 5.52 Å². The van der Waals surface area contributed by atoms with E-state index in [2.05, 4.69) is 15.3 Å². The number of hydrogen-bond acceptors (Lipinski definition) is 6. The summed E-state index contributed by atoms with van der Waals surface area (Å²) in [6, 6.07) is 1.94. The molecule has 1 aliphatic heterocycles. The third kappa shape index (κ3) is 3.50.